The molecule has 9 rings (SSSR count). The number of quaternary nitrogens is 1. The third kappa shape index (κ3) is 5.16. The van der Waals surface area contributed by atoms with Crippen molar-refractivity contribution in [3.8, 4) is 0 Å². The Bertz CT molecular complexity index is 2410. The number of aromatic nitrogens is 1. The first-order valence-electron chi connectivity index (χ1n) is 16.7. The van der Waals surface area contributed by atoms with Gasteiger partial charge in [0.15, 0.2) is 0 Å². The summed E-state index contributed by atoms with van der Waals surface area (Å²) in [6.45, 7) is 0. The monoisotopic (exact) mass is 630 g/mol. The lowest BCUT2D eigenvalue weighted by Crippen LogP contribution is -2.78. The van der Waals surface area contributed by atoms with E-state index in [1.165, 1.54) is 0 Å². The SMILES string of the molecule is Cn1cc2cc1C(c1ccccc1)=C1C=CC(=N1)C(c1ccccc1)=C1C=CC(=C(c3ccccc3)C3=[NH+]C(=C2c2ccccc2)C=C3)[NH2+]1. The van der Waals surface area contributed by atoms with Gasteiger partial charge in [-0.1, -0.05) is 121 Å². The minimum atomic E-state index is 0.946. The summed E-state index contributed by atoms with van der Waals surface area (Å²) in [6.07, 6.45) is 15.5. The van der Waals surface area contributed by atoms with Crippen LogP contribution in [0.4, 0.5) is 0 Å². The zero-order valence-electron chi connectivity index (χ0n) is 27.1. The minimum Gasteiger partial charge on any atom is -0.350 e. The van der Waals surface area contributed by atoms with E-state index < -0.39 is 0 Å². The van der Waals surface area contributed by atoms with Crippen LogP contribution < -0.4 is 10.3 Å². The molecule has 3 N–H and O–H groups in total. The quantitative estimate of drug-likeness (QED) is 0.225. The van der Waals surface area contributed by atoms with Crippen molar-refractivity contribution in [1.29, 1.82) is 0 Å². The number of hydrogen-bond donors (Lipinski definition) is 2. The molecular weight excluding hydrogens is 597 g/mol. The van der Waals surface area contributed by atoms with Crippen molar-refractivity contribution < 1.29 is 10.3 Å². The van der Waals surface area contributed by atoms with Crippen LogP contribution in [0.5, 0.6) is 0 Å². The van der Waals surface area contributed by atoms with Gasteiger partial charge in [-0.2, -0.15) is 0 Å². The number of nitrogens with one attached hydrogen (secondary N) is 1. The van der Waals surface area contributed by atoms with Crippen molar-refractivity contribution in [2.45, 2.75) is 0 Å². The standard InChI is InChI=1S/C45H32N4/c1-49-29-34-28-41(49)45(33-20-12-5-13-21-33)40-27-26-39(48-40)44(32-18-10-4-11-19-32)38-25-24-37(47-38)43(31-16-8-3-9-17-31)36-23-22-35(46-36)42(34)30-14-6-2-7-15-30/h2-29,47H,1H3/p+2. The number of benzene rings is 4. The van der Waals surface area contributed by atoms with Gasteiger partial charge in [0.05, 0.1) is 28.2 Å². The molecule has 0 spiro atoms. The molecule has 0 atom stereocenters. The highest BCUT2D eigenvalue weighted by Gasteiger charge is 2.32. The van der Waals surface area contributed by atoms with Crippen LogP contribution in [-0.2, 0) is 7.05 Å². The first-order chi connectivity index (χ1) is 24.2. The first kappa shape index (κ1) is 28.8. The smallest absolute Gasteiger partial charge is 0.218 e. The van der Waals surface area contributed by atoms with Gasteiger partial charge in [-0.25, -0.2) is 9.98 Å². The average molecular weight is 631 g/mol. The van der Waals surface area contributed by atoms with Gasteiger partial charge in [0.25, 0.3) is 0 Å². The van der Waals surface area contributed by atoms with Crippen molar-refractivity contribution in [2.24, 2.45) is 12.0 Å². The highest BCUT2D eigenvalue weighted by molar-refractivity contribution is 6.32. The van der Waals surface area contributed by atoms with Crippen LogP contribution in [-0.4, -0.2) is 16.0 Å². The molecule has 0 fully saturated rings. The molecule has 0 saturated heterocycles. The number of rotatable bonds is 4. The maximum Gasteiger partial charge on any atom is 0.218 e. The van der Waals surface area contributed by atoms with Crippen molar-refractivity contribution >= 4 is 33.7 Å². The molecule has 49 heavy (non-hydrogen) atoms. The first-order valence-corrected chi connectivity index (χ1v) is 16.7. The second-order valence-electron chi connectivity index (χ2n) is 12.6. The normalized spacial score (nSPS) is 16.7. The molecule has 8 bridgehead atoms. The van der Waals surface area contributed by atoms with E-state index in [1.807, 2.05) is 0 Å². The highest BCUT2D eigenvalue weighted by atomic mass is 15.0. The maximum atomic E-state index is 5.42. The summed E-state index contributed by atoms with van der Waals surface area (Å²) in [4.78, 5) is 9.31. The van der Waals surface area contributed by atoms with Gasteiger partial charge in [0.2, 0.25) is 11.4 Å². The van der Waals surface area contributed by atoms with E-state index in [9.17, 15) is 0 Å². The van der Waals surface area contributed by atoms with E-state index in [4.69, 9.17) is 4.99 Å². The molecule has 232 valence electrons. The fraction of sp³-hybridized carbons (Fsp3) is 0.0222. The third-order valence-electron chi connectivity index (χ3n) is 9.51. The Balaban J connectivity index is 1.38. The number of nitrogens with zero attached hydrogens (tertiary/aromatic N) is 2. The number of nitrogens with two attached hydrogens (primary N) is 1. The maximum absolute atomic E-state index is 5.42. The molecule has 4 aliphatic rings. The Hall–Kier alpha value is -6.36. The van der Waals surface area contributed by atoms with Crippen molar-refractivity contribution in [3.63, 3.8) is 0 Å². The van der Waals surface area contributed by atoms with Crippen LogP contribution in [0.2, 0.25) is 0 Å². The summed E-state index contributed by atoms with van der Waals surface area (Å²) in [5, 5.41) is 2.32. The van der Waals surface area contributed by atoms with E-state index in [0.29, 0.717) is 0 Å². The van der Waals surface area contributed by atoms with Crippen LogP contribution in [0.1, 0.15) is 33.5 Å². The van der Waals surface area contributed by atoms with Gasteiger partial charge in [0, 0.05) is 48.7 Å². The molecule has 0 saturated carbocycles. The Kier molecular flexibility index (Phi) is 7.07. The van der Waals surface area contributed by atoms with Crippen molar-refractivity contribution in [2.75, 3.05) is 0 Å². The molecule has 4 nitrogen and oxygen atoms in total. The van der Waals surface area contributed by atoms with Gasteiger partial charge < -0.3 is 4.57 Å². The third-order valence-corrected chi connectivity index (χ3v) is 9.51. The van der Waals surface area contributed by atoms with E-state index in [2.05, 4.69) is 192 Å². The molecule has 4 aliphatic heterocycles. The molecule has 1 aromatic heterocycles. The summed E-state index contributed by atoms with van der Waals surface area (Å²) in [7, 11) is 2.14. The number of fused-ring (bicyclic) bond motifs is 6. The zero-order valence-corrected chi connectivity index (χ0v) is 27.1. The fourth-order valence-electron chi connectivity index (χ4n) is 7.30. The Morgan fingerprint density at radius 1 is 0.510 bits per heavy atom. The predicted molar refractivity (Wildman–Crippen MR) is 200 cm³/mol. The van der Waals surface area contributed by atoms with Crippen LogP contribution in [0.3, 0.4) is 0 Å². The highest BCUT2D eigenvalue weighted by Crippen LogP contribution is 2.37. The van der Waals surface area contributed by atoms with Gasteiger partial charge >= 0.3 is 0 Å². The lowest BCUT2D eigenvalue weighted by atomic mass is 9.96. The molecule has 0 aliphatic carbocycles. The summed E-state index contributed by atoms with van der Waals surface area (Å²) >= 11 is 0. The molecule has 5 heterocycles. The van der Waals surface area contributed by atoms with Crippen LogP contribution in [0.25, 0.3) is 22.3 Å². The topological polar surface area (TPSA) is 47.9 Å². The minimum absolute atomic E-state index is 0.946. The molecule has 5 aromatic rings. The average Bonchev–Trinajstić information content (AvgIpc) is 3.98. The molecule has 4 heteroatoms. The second kappa shape index (κ2) is 12.0. The number of aliphatic imine (C=N–C) groups is 1. The molecule has 0 amide bonds. The Morgan fingerprint density at radius 2 is 1.04 bits per heavy atom. The van der Waals surface area contributed by atoms with Crippen molar-refractivity contribution in [3.05, 3.63) is 226 Å². The fourth-order valence-corrected chi connectivity index (χ4v) is 7.30. The lowest BCUT2D eigenvalue weighted by molar-refractivity contribution is -0.537. The summed E-state index contributed by atoms with van der Waals surface area (Å²) in [5.74, 6) is 0. The Morgan fingerprint density at radius 3 is 1.65 bits per heavy atom. The lowest BCUT2D eigenvalue weighted by Gasteiger charge is -2.12. The van der Waals surface area contributed by atoms with E-state index in [0.717, 1.165) is 90.0 Å². The largest absolute Gasteiger partial charge is 0.350 e. The summed E-state index contributed by atoms with van der Waals surface area (Å²) in [6, 6.07) is 45.0. The van der Waals surface area contributed by atoms with E-state index in [-0.39, 0.29) is 0 Å². The number of allylic oxidation sites excluding steroid dienone is 8. The van der Waals surface area contributed by atoms with Gasteiger partial charge in [-0.3, -0.25) is 5.32 Å². The molecule has 0 unspecified atom stereocenters. The summed E-state index contributed by atoms with van der Waals surface area (Å²) in [5.41, 5.74) is 17.7. The van der Waals surface area contributed by atoms with Crippen LogP contribution >= 0.6 is 0 Å². The van der Waals surface area contributed by atoms with Crippen LogP contribution in [0.15, 0.2) is 198 Å². The molecule has 4 aromatic carbocycles. The van der Waals surface area contributed by atoms with E-state index >= 15 is 0 Å². The predicted octanol–water partition coefficient (Wildman–Crippen LogP) is 6.62. The van der Waals surface area contributed by atoms with E-state index in [1.54, 1.807) is 0 Å². The van der Waals surface area contributed by atoms with Crippen LogP contribution in [0, 0.1) is 0 Å². The second-order valence-corrected chi connectivity index (χ2v) is 12.6. The van der Waals surface area contributed by atoms with Gasteiger partial charge in [-0.15, -0.1) is 0 Å². The summed E-state index contributed by atoms with van der Waals surface area (Å²) < 4.78 is 2.24. The Labute approximate surface area is 286 Å². The van der Waals surface area contributed by atoms with Gasteiger partial charge in [0.1, 0.15) is 17.0 Å². The van der Waals surface area contributed by atoms with Crippen molar-refractivity contribution in [1.82, 2.24) is 4.57 Å². The molecule has 0 radical (unpaired) electrons. The zero-order chi connectivity index (χ0) is 32.7. The van der Waals surface area contributed by atoms with Gasteiger partial charge in [-0.05, 0) is 40.5 Å². The number of hydrogen-bond acceptors (Lipinski definition) is 1. The number of aryl methyl sites for hydroxylation is 1. The molecular formula is C45H34N4+2.